The van der Waals surface area contributed by atoms with Gasteiger partial charge in [0.2, 0.25) is 5.91 Å². The van der Waals surface area contributed by atoms with Gasteiger partial charge in [0, 0.05) is 17.6 Å². The van der Waals surface area contributed by atoms with E-state index in [1.807, 2.05) is 49.4 Å². The standard InChI is InChI=1S/C18H21ClN2O/c1-14(16-7-9-17(19)10-8-16)21-13-18(22)20-12-11-15-5-3-2-4-6-15/h2-10,14,21H,11-13H2,1H3,(H,20,22)/t14-/m0/s1. The SMILES string of the molecule is C[C@H](NCC(=O)NCCc1ccccc1)c1ccc(Cl)cc1. The number of amides is 1. The Morgan fingerprint density at radius 3 is 2.45 bits per heavy atom. The summed E-state index contributed by atoms with van der Waals surface area (Å²) in [7, 11) is 0. The molecule has 2 N–H and O–H groups in total. The van der Waals surface area contributed by atoms with Crippen molar-refractivity contribution in [3.63, 3.8) is 0 Å². The zero-order valence-corrected chi connectivity index (χ0v) is 13.4. The summed E-state index contributed by atoms with van der Waals surface area (Å²) in [5.74, 6) is 0.0109. The number of rotatable bonds is 7. The molecule has 2 rings (SSSR count). The van der Waals surface area contributed by atoms with E-state index in [2.05, 4.69) is 22.8 Å². The van der Waals surface area contributed by atoms with E-state index in [-0.39, 0.29) is 11.9 Å². The molecule has 0 heterocycles. The molecule has 0 saturated carbocycles. The van der Waals surface area contributed by atoms with Crippen LogP contribution in [0.25, 0.3) is 0 Å². The van der Waals surface area contributed by atoms with Gasteiger partial charge in [-0.1, -0.05) is 54.1 Å². The first kappa shape index (κ1) is 16.5. The highest BCUT2D eigenvalue weighted by atomic mass is 35.5. The minimum absolute atomic E-state index is 0.0109. The molecule has 0 aliphatic rings. The number of hydrogen-bond acceptors (Lipinski definition) is 2. The molecule has 4 heteroatoms. The fourth-order valence-corrected chi connectivity index (χ4v) is 2.29. The van der Waals surface area contributed by atoms with Crippen LogP contribution in [0.5, 0.6) is 0 Å². The minimum Gasteiger partial charge on any atom is -0.355 e. The Bertz CT molecular complexity index is 584. The largest absolute Gasteiger partial charge is 0.355 e. The molecule has 116 valence electrons. The molecule has 22 heavy (non-hydrogen) atoms. The molecule has 0 bridgehead atoms. The van der Waals surface area contributed by atoms with Crippen LogP contribution < -0.4 is 10.6 Å². The molecule has 0 unspecified atom stereocenters. The van der Waals surface area contributed by atoms with Crippen LogP contribution >= 0.6 is 11.6 Å². The zero-order chi connectivity index (χ0) is 15.8. The molecule has 0 aliphatic heterocycles. The first-order chi connectivity index (χ1) is 10.6. The molecule has 0 aliphatic carbocycles. The van der Waals surface area contributed by atoms with Gasteiger partial charge in [-0.15, -0.1) is 0 Å². The Morgan fingerprint density at radius 2 is 1.77 bits per heavy atom. The van der Waals surface area contributed by atoms with Crippen molar-refractivity contribution in [2.75, 3.05) is 13.1 Å². The lowest BCUT2D eigenvalue weighted by molar-refractivity contribution is -0.120. The maximum atomic E-state index is 11.8. The summed E-state index contributed by atoms with van der Waals surface area (Å²) in [6, 6.07) is 17.9. The number of carbonyl (C=O) groups excluding carboxylic acids is 1. The first-order valence-electron chi connectivity index (χ1n) is 7.44. The van der Waals surface area contributed by atoms with Crippen molar-refractivity contribution in [2.45, 2.75) is 19.4 Å². The van der Waals surface area contributed by atoms with Crippen molar-refractivity contribution in [1.82, 2.24) is 10.6 Å². The van der Waals surface area contributed by atoms with E-state index in [9.17, 15) is 4.79 Å². The van der Waals surface area contributed by atoms with Gasteiger partial charge in [0.25, 0.3) is 0 Å². The predicted molar refractivity (Wildman–Crippen MR) is 91.0 cm³/mol. The van der Waals surface area contributed by atoms with Crippen LogP contribution in [0.2, 0.25) is 5.02 Å². The van der Waals surface area contributed by atoms with Crippen LogP contribution in [0.1, 0.15) is 24.1 Å². The second-order valence-electron chi connectivity index (χ2n) is 5.24. The van der Waals surface area contributed by atoms with Crippen LogP contribution in [-0.4, -0.2) is 19.0 Å². The van der Waals surface area contributed by atoms with Gasteiger partial charge >= 0.3 is 0 Å². The van der Waals surface area contributed by atoms with Gasteiger partial charge in [0.05, 0.1) is 6.54 Å². The fourth-order valence-electron chi connectivity index (χ4n) is 2.17. The third-order valence-corrected chi connectivity index (χ3v) is 3.77. The highest BCUT2D eigenvalue weighted by Crippen LogP contribution is 2.15. The van der Waals surface area contributed by atoms with Gasteiger partial charge in [0.1, 0.15) is 0 Å². The summed E-state index contributed by atoms with van der Waals surface area (Å²) in [5.41, 5.74) is 2.34. The van der Waals surface area contributed by atoms with Crippen LogP contribution in [0.15, 0.2) is 54.6 Å². The Morgan fingerprint density at radius 1 is 1.09 bits per heavy atom. The molecule has 1 atom stereocenters. The van der Waals surface area contributed by atoms with E-state index in [1.165, 1.54) is 5.56 Å². The summed E-state index contributed by atoms with van der Waals surface area (Å²) in [4.78, 5) is 11.8. The van der Waals surface area contributed by atoms with E-state index in [0.717, 1.165) is 17.0 Å². The van der Waals surface area contributed by atoms with Crippen molar-refractivity contribution in [2.24, 2.45) is 0 Å². The number of hydrogen-bond donors (Lipinski definition) is 2. The van der Waals surface area contributed by atoms with E-state index in [1.54, 1.807) is 0 Å². The second kappa shape index (κ2) is 8.57. The number of nitrogens with one attached hydrogen (secondary N) is 2. The molecule has 0 spiro atoms. The Labute approximate surface area is 136 Å². The van der Waals surface area contributed by atoms with Crippen molar-refractivity contribution in [1.29, 1.82) is 0 Å². The average molecular weight is 317 g/mol. The lowest BCUT2D eigenvalue weighted by Crippen LogP contribution is -2.36. The molecule has 1 amide bonds. The maximum Gasteiger partial charge on any atom is 0.233 e. The molecular weight excluding hydrogens is 296 g/mol. The van der Waals surface area contributed by atoms with E-state index >= 15 is 0 Å². The maximum absolute atomic E-state index is 11.8. The van der Waals surface area contributed by atoms with Crippen LogP contribution in [0.3, 0.4) is 0 Å². The first-order valence-corrected chi connectivity index (χ1v) is 7.82. The number of carbonyl (C=O) groups is 1. The lowest BCUT2D eigenvalue weighted by Gasteiger charge is -2.14. The van der Waals surface area contributed by atoms with Crippen molar-refractivity contribution in [3.8, 4) is 0 Å². The fraction of sp³-hybridized carbons (Fsp3) is 0.278. The molecule has 2 aromatic carbocycles. The quantitative estimate of drug-likeness (QED) is 0.822. The summed E-state index contributed by atoms with van der Waals surface area (Å²) in [6.07, 6.45) is 0.847. The normalized spacial score (nSPS) is 11.9. The molecule has 2 aromatic rings. The van der Waals surface area contributed by atoms with Crippen LogP contribution in [-0.2, 0) is 11.2 Å². The second-order valence-corrected chi connectivity index (χ2v) is 5.68. The predicted octanol–water partition coefficient (Wildman–Crippen LogP) is 3.35. The average Bonchev–Trinajstić information content (AvgIpc) is 2.54. The molecule has 0 fully saturated rings. The minimum atomic E-state index is 0.0109. The highest BCUT2D eigenvalue weighted by Gasteiger charge is 2.07. The van der Waals surface area contributed by atoms with Gasteiger partial charge in [-0.2, -0.15) is 0 Å². The number of benzene rings is 2. The van der Waals surface area contributed by atoms with Gasteiger partial charge < -0.3 is 10.6 Å². The Hall–Kier alpha value is -1.84. The third-order valence-electron chi connectivity index (χ3n) is 3.52. The Balaban J connectivity index is 1.68. The van der Waals surface area contributed by atoms with Crippen LogP contribution in [0, 0.1) is 0 Å². The van der Waals surface area contributed by atoms with Gasteiger partial charge in [-0.25, -0.2) is 0 Å². The van der Waals surface area contributed by atoms with Crippen molar-refractivity contribution < 1.29 is 4.79 Å². The Kier molecular flexibility index (Phi) is 6.44. The molecule has 0 saturated heterocycles. The zero-order valence-electron chi connectivity index (χ0n) is 12.7. The van der Waals surface area contributed by atoms with Gasteiger partial charge in [-0.05, 0) is 36.6 Å². The van der Waals surface area contributed by atoms with Crippen molar-refractivity contribution >= 4 is 17.5 Å². The molecular formula is C18H21ClN2O. The van der Waals surface area contributed by atoms with Gasteiger partial charge in [-0.3, -0.25) is 4.79 Å². The topological polar surface area (TPSA) is 41.1 Å². The molecule has 3 nitrogen and oxygen atoms in total. The van der Waals surface area contributed by atoms with Gasteiger partial charge in [0.15, 0.2) is 0 Å². The van der Waals surface area contributed by atoms with Crippen molar-refractivity contribution in [3.05, 3.63) is 70.7 Å². The smallest absolute Gasteiger partial charge is 0.233 e. The third kappa shape index (κ3) is 5.51. The summed E-state index contributed by atoms with van der Waals surface area (Å²) < 4.78 is 0. The van der Waals surface area contributed by atoms with E-state index in [0.29, 0.717) is 13.1 Å². The lowest BCUT2D eigenvalue weighted by atomic mass is 10.1. The summed E-state index contributed by atoms with van der Waals surface area (Å²) in [5, 5.41) is 6.85. The van der Waals surface area contributed by atoms with E-state index < -0.39 is 0 Å². The molecule has 0 radical (unpaired) electrons. The monoisotopic (exact) mass is 316 g/mol. The summed E-state index contributed by atoms with van der Waals surface area (Å²) in [6.45, 7) is 2.99. The molecule has 0 aromatic heterocycles. The number of halogens is 1. The highest BCUT2D eigenvalue weighted by molar-refractivity contribution is 6.30. The van der Waals surface area contributed by atoms with E-state index in [4.69, 9.17) is 11.6 Å². The van der Waals surface area contributed by atoms with Crippen LogP contribution in [0.4, 0.5) is 0 Å². The summed E-state index contributed by atoms with van der Waals surface area (Å²) >= 11 is 5.87.